The van der Waals surface area contributed by atoms with E-state index in [2.05, 4.69) is 0 Å². The predicted molar refractivity (Wildman–Crippen MR) is 42.0 cm³/mol. The molecule has 7 heteroatoms. The fraction of sp³-hybridized carbons (Fsp3) is 0.833. The van der Waals surface area contributed by atoms with E-state index in [9.17, 15) is 19.0 Å². The van der Waals surface area contributed by atoms with Crippen LogP contribution >= 0.6 is 7.68 Å². The Kier molecular flexibility index (Phi) is 4.26. The Morgan fingerprint density at radius 3 is 2.23 bits per heavy atom. The van der Waals surface area contributed by atoms with Gasteiger partial charge in [0.15, 0.2) is 5.66 Å². The number of aliphatic hydroxyl groups is 2. The summed E-state index contributed by atoms with van der Waals surface area (Å²) in [4.78, 5) is 10.4. The third-order valence-corrected chi connectivity index (χ3v) is 2.85. The Hall–Kier alpha value is -0.710. The molecule has 13 heavy (non-hydrogen) atoms. The van der Waals surface area contributed by atoms with Crippen LogP contribution in [-0.2, 0) is 13.9 Å². The van der Waals surface area contributed by atoms with Crippen LogP contribution in [0.2, 0.25) is 0 Å². The van der Waals surface area contributed by atoms with Crippen molar-refractivity contribution >= 4 is 13.6 Å². The van der Waals surface area contributed by atoms with Crippen molar-refractivity contribution in [2.45, 2.75) is 24.6 Å². The normalized spacial score (nSPS) is 17.5. The van der Waals surface area contributed by atoms with Crippen molar-refractivity contribution in [2.75, 3.05) is 6.61 Å². The second kappa shape index (κ2) is 4.50. The molecule has 0 saturated heterocycles. The van der Waals surface area contributed by atoms with Gasteiger partial charge in [-0.05, 0) is 6.92 Å². The third-order valence-electron chi connectivity index (χ3n) is 1.65. The number of carboxylic acids is 1. The van der Waals surface area contributed by atoms with Gasteiger partial charge in [0.1, 0.15) is 0 Å². The van der Waals surface area contributed by atoms with Crippen molar-refractivity contribution in [2.24, 2.45) is 0 Å². The van der Waals surface area contributed by atoms with E-state index in [1.807, 2.05) is 0 Å². The number of aliphatic hydroxyl groups excluding tert-OH is 1. The lowest BCUT2D eigenvalue weighted by Crippen LogP contribution is -2.42. The topological polar surface area (TPSA) is 112 Å². The summed E-state index contributed by atoms with van der Waals surface area (Å²) < 4.78 is 21.0. The molecule has 0 aromatic heterocycles. The van der Waals surface area contributed by atoms with Crippen molar-refractivity contribution in [3.8, 4) is 0 Å². The summed E-state index contributed by atoms with van der Waals surface area (Å²) in [7, 11) is -3.26. The highest BCUT2D eigenvalue weighted by atomic mass is 31.1. The highest BCUT2D eigenvalue weighted by Crippen LogP contribution is 2.29. The molecular weight excluding hydrogens is 199 g/mol. The molecule has 0 heterocycles. The van der Waals surface area contributed by atoms with Crippen LogP contribution in [0.25, 0.3) is 0 Å². The molecule has 0 saturated carbocycles. The molecule has 0 aromatic carbocycles. The zero-order valence-corrected chi connectivity index (χ0v) is 7.90. The minimum Gasteiger partial charge on any atom is -0.480 e. The maximum atomic E-state index is 10.5. The van der Waals surface area contributed by atoms with Crippen LogP contribution in [-0.4, -0.2) is 39.2 Å². The number of rotatable bonds is 5. The molecule has 0 aliphatic carbocycles. The summed E-state index contributed by atoms with van der Waals surface area (Å²) in [5.74, 6) is -1.62. The van der Waals surface area contributed by atoms with Gasteiger partial charge in [0.25, 0.3) is 0 Å². The van der Waals surface area contributed by atoms with Gasteiger partial charge in [0, 0.05) is 13.0 Å². The summed E-state index contributed by atoms with van der Waals surface area (Å²) >= 11 is 0. The summed E-state index contributed by atoms with van der Waals surface area (Å²) in [6, 6.07) is 0. The molecule has 3 N–H and O–H groups in total. The van der Waals surface area contributed by atoms with Gasteiger partial charge in [-0.2, -0.15) is 0 Å². The Morgan fingerprint density at radius 1 is 1.54 bits per heavy atom. The van der Waals surface area contributed by atoms with E-state index in [-0.39, 0.29) is 6.42 Å². The monoisotopic (exact) mass is 210 g/mol. The quantitative estimate of drug-likeness (QED) is 0.539. The molecule has 76 valence electrons. The van der Waals surface area contributed by atoms with Gasteiger partial charge < -0.3 is 15.3 Å². The molecule has 1 unspecified atom stereocenters. The molecule has 6 nitrogen and oxygen atoms in total. The number of carboxylic acid groups (broad SMARTS) is 1. The van der Waals surface area contributed by atoms with Crippen molar-refractivity contribution in [3.63, 3.8) is 0 Å². The summed E-state index contributed by atoms with van der Waals surface area (Å²) in [5, 5.41) is 26.3. The first kappa shape index (κ1) is 12.3. The molecule has 0 rings (SSSR count). The molecule has 0 amide bonds. The van der Waals surface area contributed by atoms with E-state index < -0.39 is 31.5 Å². The number of hydrogen-bond donors (Lipinski definition) is 3. The molecule has 0 fully saturated rings. The molecule has 0 aromatic rings. The lowest BCUT2D eigenvalue weighted by molar-refractivity contribution is -0.141. The van der Waals surface area contributed by atoms with Gasteiger partial charge in [-0.3, -0.25) is 4.79 Å². The molecule has 0 aliphatic rings. The third kappa shape index (κ3) is 3.26. The summed E-state index contributed by atoms with van der Waals surface area (Å²) in [6.07, 6.45) is -0.298. The standard InChI is InChI=1S/C6H11O6P/c1-6(10,2-3-7)4(5(8)9)13(11)12/h4,7,10H,2-3H2,1H3,(H,8,9)/t4?,6-/m1/s1. The van der Waals surface area contributed by atoms with Crippen molar-refractivity contribution in [1.29, 1.82) is 0 Å². The van der Waals surface area contributed by atoms with Crippen LogP contribution in [0, 0.1) is 0 Å². The number of hydrogen-bond acceptors (Lipinski definition) is 5. The average Bonchev–Trinajstić information content (AvgIpc) is 1.82. The maximum Gasteiger partial charge on any atom is 0.333 e. The van der Waals surface area contributed by atoms with E-state index in [4.69, 9.17) is 10.2 Å². The van der Waals surface area contributed by atoms with Gasteiger partial charge in [-0.1, -0.05) is 0 Å². The zero-order valence-electron chi connectivity index (χ0n) is 7.01. The first-order valence-corrected chi connectivity index (χ1v) is 4.77. The SMILES string of the molecule is C[C@@](O)(CCO)C(C(=O)O)P(=O)=O. The molecule has 0 aliphatic heterocycles. The minimum absolute atomic E-state index is 0.298. The number of carbonyl (C=O) groups is 1. The molecule has 2 atom stereocenters. The highest BCUT2D eigenvalue weighted by Gasteiger charge is 2.41. The predicted octanol–water partition coefficient (Wildman–Crippen LogP) is -0.254. The fourth-order valence-electron chi connectivity index (χ4n) is 0.946. The first-order valence-electron chi connectivity index (χ1n) is 3.52. The Bertz CT molecular complexity index is 248. The van der Waals surface area contributed by atoms with Crippen molar-refractivity contribution in [1.82, 2.24) is 0 Å². The van der Waals surface area contributed by atoms with E-state index in [1.165, 1.54) is 0 Å². The molecular formula is C6H11O6P. The lowest BCUT2D eigenvalue weighted by Gasteiger charge is -2.23. The summed E-state index contributed by atoms with van der Waals surface area (Å²) in [5.41, 5.74) is -3.81. The first-order chi connectivity index (χ1) is 5.83. The zero-order chi connectivity index (χ0) is 10.6. The van der Waals surface area contributed by atoms with Gasteiger partial charge in [0.2, 0.25) is 0 Å². The molecule has 0 spiro atoms. The second-order valence-electron chi connectivity index (χ2n) is 2.86. The van der Waals surface area contributed by atoms with Gasteiger partial charge in [0.05, 0.1) is 5.60 Å². The fourth-order valence-corrected chi connectivity index (χ4v) is 1.71. The second-order valence-corrected chi connectivity index (χ2v) is 3.94. The van der Waals surface area contributed by atoms with Crippen molar-refractivity contribution in [3.05, 3.63) is 0 Å². The van der Waals surface area contributed by atoms with Crippen LogP contribution < -0.4 is 0 Å². The maximum absolute atomic E-state index is 10.5. The largest absolute Gasteiger partial charge is 0.480 e. The van der Waals surface area contributed by atoms with Gasteiger partial charge >= 0.3 is 13.6 Å². The van der Waals surface area contributed by atoms with Crippen LogP contribution in [0.3, 0.4) is 0 Å². The Balaban J connectivity index is 4.83. The number of aliphatic carboxylic acids is 1. The van der Waals surface area contributed by atoms with E-state index >= 15 is 0 Å². The van der Waals surface area contributed by atoms with Crippen molar-refractivity contribution < 1.29 is 29.2 Å². The van der Waals surface area contributed by atoms with Crippen LogP contribution in [0.4, 0.5) is 0 Å². The highest BCUT2D eigenvalue weighted by molar-refractivity contribution is 7.33. The van der Waals surface area contributed by atoms with Gasteiger partial charge in [-0.25, -0.2) is 9.13 Å². The van der Waals surface area contributed by atoms with E-state index in [0.29, 0.717) is 0 Å². The molecule has 0 radical (unpaired) electrons. The van der Waals surface area contributed by atoms with Crippen LogP contribution in [0.1, 0.15) is 13.3 Å². The average molecular weight is 210 g/mol. The Morgan fingerprint density at radius 2 is 2.00 bits per heavy atom. The minimum atomic E-state index is -3.26. The van der Waals surface area contributed by atoms with Crippen LogP contribution in [0.15, 0.2) is 0 Å². The van der Waals surface area contributed by atoms with E-state index in [0.717, 1.165) is 6.92 Å². The molecule has 0 bridgehead atoms. The smallest absolute Gasteiger partial charge is 0.333 e. The Labute approximate surface area is 75.0 Å². The lowest BCUT2D eigenvalue weighted by atomic mass is 9.98. The van der Waals surface area contributed by atoms with Gasteiger partial charge in [-0.15, -0.1) is 0 Å². The van der Waals surface area contributed by atoms with E-state index in [1.54, 1.807) is 0 Å². The summed E-state index contributed by atoms with van der Waals surface area (Å²) in [6.45, 7) is 0.590. The van der Waals surface area contributed by atoms with Crippen LogP contribution in [0.5, 0.6) is 0 Å².